The predicted molar refractivity (Wildman–Crippen MR) is 99.6 cm³/mol. The van der Waals surface area contributed by atoms with Gasteiger partial charge in [-0.2, -0.15) is 0 Å². The molecule has 0 radical (unpaired) electrons. The van der Waals surface area contributed by atoms with Gasteiger partial charge in [0.1, 0.15) is 5.75 Å². The third-order valence-corrected chi connectivity index (χ3v) is 4.57. The summed E-state index contributed by atoms with van der Waals surface area (Å²) >= 11 is 0. The second-order valence-electron chi connectivity index (χ2n) is 6.35. The number of nitrogens with zero attached hydrogens (tertiary/aromatic N) is 1. The Hall–Kier alpha value is -2.67. The Bertz CT molecular complexity index is 983. The van der Waals surface area contributed by atoms with Crippen molar-refractivity contribution in [3.05, 3.63) is 75.6 Å². The fraction of sp³-hybridized carbons (Fsp3) is 0.250. The lowest BCUT2D eigenvalue weighted by molar-refractivity contribution is -0.00729. The summed E-state index contributed by atoms with van der Waals surface area (Å²) in [4.78, 5) is 17.8. The standard InChI is InChI=1S/C20H21N3O3/c1-14-11-16-9-10-25-20(16)17-7-8-18(24)23(19(14)17)13-21-22-26-12-15-5-3-2-4-6-15/h2-8,11,21-22H,9-10,12-13H2,1H3. The van der Waals surface area contributed by atoms with E-state index in [9.17, 15) is 4.79 Å². The van der Waals surface area contributed by atoms with Crippen LogP contribution in [0.15, 0.2) is 53.3 Å². The maximum atomic E-state index is 12.4. The summed E-state index contributed by atoms with van der Waals surface area (Å²) in [7, 11) is 0. The van der Waals surface area contributed by atoms with E-state index < -0.39 is 0 Å². The van der Waals surface area contributed by atoms with Crippen molar-refractivity contribution in [2.24, 2.45) is 0 Å². The summed E-state index contributed by atoms with van der Waals surface area (Å²) in [6.45, 7) is 3.43. The molecule has 0 fully saturated rings. The quantitative estimate of drug-likeness (QED) is 0.527. The molecule has 0 bridgehead atoms. The molecule has 0 spiro atoms. The van der Waals surface area contributed by atoms with Crippen molar-refractivity contribution in [3.8, 4) is 5.75 Å². The normalized spacial score (nSPS) is 13.0. The Morgan fingerprint density at radius 2 is 2.04 bits per heavy atom. The molecule has 1 aliphatic heterocycles. The number of hydrazine groups is 1. The van der Waals surface area contributed by atoms with Crippen molar-refractivity contribution < 1.29 is 9.57 Å². The number of aromatic nitrogens is 1. The fourth-order valence-electron chi connectivity index (χ4n) is 3.39. The molecule has 3 aromatic rings. The molecule has 6 heteroatoms. The highest BCUT2D eigenvalue weighted by Gasteiger charge is 2.19. The number of benzene rings is 2. The highest BCUT2D eigenvalue weighted by molar-refractivity contribution is 5.90. The lowest BCUT2D eigenvalue weighted by Gasteiger charge is -2.15. The van der Waals surface area contributed by atoms with Crippen molar-refractivity contribution in [1.82, 2.24) is 15.6 Å². The summed E-state index contributed by atoms with van der Waals surface area (Å²) in [6, 6.07) is 15.4. The van der Waals surface area contributed by atoms with Gasteiger partial charge in [0.25, 0.3) is 5.56 Å². The van der Waals surface area contributed by atoms with Crippen LogP contribution in [-0.2, 0) is 24.5 Å². The van der Waals surface area contributed by atoms with Gasteiger partial charge in [0.2, 0.25) is 0 Å². The Labute approximate surface area is 151 Å². The molecule has 26 heavy (non-hydrogen) atoms. The number of fused-ring (bicyclic) bond motifs is 3. The molecule has 2 N–H and O–H groups in total. The number of ether oxygens (including phenoxy) is 1. The smallest absolute Gasteiger partial charge is 0.252 e. The third kappa shape index (κ3) is 3.22. The average Bonchev–Trinajstić information content (AvgIpc) is 3.12. The SMILES string of the molecule is Cc1cc2c(c3ccc(=O)n(CNNOCc4ccccc4)c13)OCC2. The highest BCUT2D eigenvalue weighted by Crippen LogP contribution is 2.35. The van der Waals surface area contributed by atoms with Gasteiger partial charge in [0.05, 0.1) is 25.4 Å². The van der Waals surface area contributed by atoms with Crippen LogP contribution in [0.25, 0.3) is 10.9 Å². The van der Waals surface area contributed by atoms with E-state index in [4.69, 9.17) is 9.57 Å². The molecule has 1 aliphatic rings. The first-order valence-corrected chi connectivity index (χ1v) is 8.66. The number of rotatable bonds is 6. The molecular weight excluding hydrogens is 330 g/mol. The molecule has 0 unspecified atom stereocenters. The number of hydrogen-bond donors (Lipinski definition) is 2. The van der Waals surface area contributed by atoms with Crippen LogP contribution in [0.5, 0.6) is 5.75 Å². The van der Waals surface area contributed by atoms with Crippen LogP contribution in [-0.4, -0.2) is 11.2 Å². The number of hydrogen-bond acceptors (Lipinski definition) is 5. The topological polar surface area (TPSA) is 64.5 Å². The van der Waals surface area contributed by atoms with E-state index in [2.05, 4.69) is 17.1 Å². The van der Waals surface area contributed by atoms with Gasteiger partial charge in [0.15, 0.2) is 0 Å². The van der Waals surface area contributed by atoms with Gasteiger partial charge in [-0.3, -0.25) is 14.2 Å². The van der Waals surface area contributed by atoms with E-state index in [0.29, 0.717) is 13.2 Å². The van der Waals surface area contributed by atoms with Gasteiger partial charge in [0, 0.05) is 17.9 Å². The van der Waals surface area contributed by atoms with Gasteiger partial charge < -0.3 is 4.74 Å². The molecule has 0 atom stereocenters. The van der Waals surface area contributed by atoms with E-state index in [-0.39, 0.29) is 12.2 Å². The number of nitrogens with one attached hydrogen (secondary N) is 2. The van der Waals surface area contributed by atoms with E-state index in [0.717, 1.165) is 34.2 Å². The molecule has 1 aromatic heterocycles. The first-order valence-electron chi connectivity index (χ1n) is 8.66. The number of aryl methyl sites for hydroxylation is 1. The first kappa shape index (κ1) is 16.8. The lowest BCUT2D eigenvalue weighted by Crippen LogP contribution is -2.37. The average molecular weight is 351 g/mol. The first-order chi connectivity index (χ1) is 12.7. The van der Waals surface area contributed by atoms with Crippen molar-refractivity contribution in [3.63, 3.8) is 0 Å². The van der Waals surface area contributed by atoms with Crippen molar-refractivity contribution in [2.75, 3.05) is 6.61 Å². The molecule has 0 aliphatic carbocycles. The monoisotopic (exact) mass is 351 g/mol. The van der Waals surface area contributed by atoms with Crippen LogP contribution < -0.4 is 21.3 Å². The van der Waals surface area contributed by atoms with Gasteiger partial charge in [-0.05, 0) is 29.7 Å². The summed E-state index contributed by atoms with van der Waals surface area (Å²) < 4.78 is 7.46. The summed E-state index contributed by atoms with van der Waals surface area (Å²) in [6.07, 6.45) is 0.915. The molecule has 2 heterocycles. The predicted octanol–water partition coefficient (Wildman–Crippen LogP) is 2.43. The van der Waals surface area contributed by atoms with Crippen LogP contribution in [0.2, 0.25) is 0 Å². The lowest BCUT2D eigenvalue weighted by atomic mass is 10.0. The molecule has 134 valence electrons. The van der Waals surface area contributed by atoms with E-state index in [1.807, 2.05) is 43.3 Å². The Kier molecular flexibility index (Phi) is 4.71. The zero-order valence-corrected chi connectivity index (χ0v) is 14.6. The zero-order chi connectivity index (χ0) is 17.9. The Balaban J connectivity index is 1.49. The summed E-state index contributed by atoms with van der Waals surface area (Å²) in [5.74, 6) is 0.896. The summed E-state index contributed by atoms with van der Waals surface area (Å²) in [5.41, 5.74) is 9.80. The van der Waals surface area contributed by atoms with Crippen LogP contribution >= 0.6 is 0 Å². The zero-order valence-electron chi connectivity index (χ0n) is 14.6. The van der Waals surface area contributed by atoms with Gasteiger partial charge in [-0.25, -0.2) is 5.43 Å². The molecule has 0 amide bonds. The molecule has 4 rings (SSSR count). The summed E-state index contributed by atoms with van der Waals surface area (Å²) in [5, 5.41) is 0.976. The highest BCUT2D eigenvalue weighted by atomic mass is 16.7. The van der Waals surface area contributed by atoms with Gasteiger partial charge >= 0.3 is 0 Å². The second kappa shape index (κ2) is 7.29. The molecular formula is C20H21N3O3. The van der Waals surface area contributed by atoms with Gasteiger partial charge in [-0.1, -0.05) is 36.4 Å². The minimum absolute atomic E-state index is 0.0732. The van der Waals surface area contributed by atoms with E-state index in [1.54, 1.807) is 10.6 Å². The van der Waals surface area contributed by atoms with Crippen molar-refractivity contribution in [2.45, 2.75) is 26.6 Å². The Morgan fingerprint density at radius 3 is 2.88 bits per heavy atom. The van der Waals surface area contributed by atoms with Crippen LogP contribution in [0.4, 0.5) is 0 Å². The maximum absolute atomic E-state index is 12.4. The molecule has 6 nitrogen and oxygen atoms in total. The Morgan fingerprint density at radius 1 is 1.19 bits per heavy atom. The van der Waals surface area contributed by atoms with Crippen molar-refractivity contribution in [1.29, 1.82) is 0 Å². The second-order valence-corrected chi connectivity index (χ2v) is 6.35. The number of pyridine rings is 1. The van der Waals surface area contributed by atoms with E-state index in [1.165, 1.54) is 5.56 Å². The minimum atomic E-state index is -0.0732. The minimum Gasteiger partial charge on any atom is -0.492 e. The third-order valence-electron chi connectivity index (χ3n) is 4.57. The molecule has 0 saturated heterocycles. The maximum Gasteiger partial charge on any atom is 0.252 e. The molecule has 2 aromatic carbocycles. The van der Waals surface area contributed by atoms with Crippen LogP contribution in [0, 0.1) is 6.92 Å². The van der Waals surface area contributed by atoms with Crippen LogP contribution in [0.1, 0.15) is 16.7 Å². The largest absolute Gasteiger partial charge is 0.492 e. The van der Waals surface area contributed by atoms with Gasteiger partial charge in [-0.15, -0.1) is 5.59 Å². The molecule has 0 saturated carbocycles. The van der Waals surface area contributed by atoms with E-state index >= 15 is 0 Å². The fourth-order valence-corrected chi connectivity index (χ4v) is 3.39. The van der Waals surface area contributed by atoms with Crippen LogP contribution in [0.3, 0.4) is 0 Å². The van der Waals surface area contributed by atoms with Crippen molar-refractivity contribution >= 4 is 10.9 Å².